The highest BCUT2D eigenvalue weighted by Gasteiger charge is 2.18. The van der Waals surface area contributed by atoms with Crippen LogP contribution >= 0.6 is 23.2 Å². The fourth-order valence-corrected chi connectivity index (χ4v) is 1.49. The molecule has 70 valence electrons. The summed E-state index contributed by atoms with van der Waals surface area (Å²) >= 11 is 10.9. The lowest BCUT2D eigenvalue weighted by Crippen LogP contribution is -2.15. The molecule has 1 amide bonds. The Morgan fingerprint density at radius 2 is 2.00 bits per heavy atom. The van der Waals surface area contributed by atoms with E-state index in [1.807, 2.05) is 0 Å². The van der Waals surface area contributed by atoms with Crippen LogP contribution in [0.1, 0.15) is 15.9 Å². The summed E-state index contributed by atoms with van der Waals surface area (Å²) in [5.41, 5.74) is 4.84. The second kappa shape index (κ2) is 3.47. The van der Waals surface area contributed by atoms with Crippen molar-refractivity contribution in [3.8, 4) is 0 Å². The first kappa shape index (κ1) is 10.2. The number of carbonyl (C=O) groups excluding carboxylic acids is 1. The van der Waals surface area contributed by atoms with E-state index in [2.05, 4.69) is 4.98 Å². The van der Waals surface area contributed by atoms with Crippen molar-refractivity contribution in [3.05, 3.63) is 27.3 Å². The summed E-state index contributed by atoms with van der Waals surface area (Å²) < 4.78 is 13.1. The molecule has 6 heteroatoms. The Morgan fingerprint density at radius 3 is 2.46 bits per heavy atom. The third kappa shape index (κ3) is 1.73. The number of carbonyl (C=O) groups is 1. The van der Waals surface area contributed by atoms with Gasteiger partial charge in [-0.15, -0.1) is 0 Å². The van der Waals surface area contributed by atoms with Crippen LogP contribution in [0.5, 0.6) is 0 Å². The standard InChI is InChI=1S/C7H5Cl2FN2O/c1-2-3(7(11)13)5(8)12-6(9)4(2)10/h1H3,(H2,11,13). The molecule has 1 heterocycles. The minimum Gasteiger partial charge on any atom is -0.365 e. The molecule has 0 aromatic carbocycles. The van der Waals surface area contributed by atoms with Crippen molar-refractivity contribution in [2.75, 3.05) is 0 Å². The van der Waals surface area contributed by atoms with Gasteiger partial charge in [0.15, 0.2) is 11.0 Å². The average Bonchev–Trinajstić information content (AvgIpc) is 1.99. The van der Waals surface area contributed by atoms with Gasteiger partial charge in [-0.1, -0.05) is 23.2 Å². The summed E-state index contributed by atoms with van der Waals surface area (Å²) in [4.78, 5) is 14.2. The van der Waals surface area contributed by atoms with Gasteiger partial charge in [-0.25, -0.2) is 9.37 Å². The number of rotatable bonds is 1. The molecule has 0 saturated heterocycles. The molecule has 3 nitrogen and oxygen atoms in total. The van der Waals surface area contributed by atoms with E-state index in [1.54, 1.807) is 0 Å². The lowest BCUT2D eigenvalue weighted by atomic mass is 10.1. The second-order valence-corrected chi connectivity index (χ2v) is 3.09. The molecule has 0 aliphatic heterocycles. The van der Waals surface area contributed by atoms with Gasteiger partial charge in [0.25, 0.3) is 5.91 Å². The Hall–Kier alpha value is -0.870. The van der Waals surface area contributed by atoms with Crippen molar-refractivity contribution in [1.29, 1.82) is 0 Å². The van der Waals surface area contributed by atoms with E-state index in [4.69, 9.17) is 28.9 Å². The first-order valence-corrected chi connectivity index (χ1v) is 4.01. The number of aromatic nitrogens is 1. The van der Waals surface area contributed by atoms with Crippen molar-refractivity contribution in [2.45, 2.75) is 6.92 Å². The Morgan fingerprint density at radius 1 is 1.46 bits per heavy atom. The number of halogens is 3. The molecular weight excluding hydrogens is 218 g/mol. The second-order valence-electron chi connectivity index (χ2n) is 2.37. The maximum atomic E-state index is 13.1. The first-order chi connectivity index (χ1) is 5.95. The van der Waals surface area contributed by atoms with Crippen LogP contribution in [-0.4, -0.2) is 10.9 Å². The number of hydrogen-bond acceptors (Lipinski definition) is 2. The third-order valence-electron chi connectivity index (χ3n) is 1.53. The highest BCUT2D eigenvalue weighted by atomic mass is 35.5. The average molecular weight is 223 g/mol. The van der Waals surface area contributed by atoms with Crippen molar-refractivity contribution in [1.82, 2.24) is 4.98 Å². The summed E-state index contributed by atoms with van der Waals surface area (Å²) in [5.74, 6) is -1.61. The molecular formula is C7H5Cl2FN2O. The molecule has 0 radical (unpaired) electrons. The van der Waals surface area contributed by atoms with Gasteiger partial charge in [0.05, 0.1) is 5.56 Å². The van der Waals surface area contributed by atoms with Gasteiger partial charge in [0.1, 0.15) is 5.15 Å². The Bertz CT molecular complexity index is 381. The van der Waals surface area contributed by atoms with Crippen LogP contribution in [0.15, 0.2) is 0 Å². The molecule has 0 spiro atoms. The number of nitrogens with zero attached hydrogens (tertiary/aromatic N) is 1. The SMILES string of the molecule is Cc1c(F)c(Cl)nc(Cl)c1C(N)=O. The number of hydrogen-bond donors (Lipinski definition) is 1. The third-order valence-corrected chi connectivity index (χ3v) is 2.06. The van der Waals surface area contributed by atoms with Crippen LogP contribution < -0.4 is 5.73 Å². The van der Waals surface area contributed by atoms with Gasteiger partial charge in [0, 0.05) is 5.56 Å². The van der Waals surface area contributed by atoms with Crippen molar-refractivity contribution < 1.29 is 9.18 Å². The van der Waals surface area contributed by atoms with Gasteiger partial charge in [-0.3, -0.25) is 4.79 Å². The molecule has 0 saturated carbocycles. The molecule has 13 heavy (non-hydrogen) atoms. The van der Waals surface area contributed by atoms with E-state index < -0.39 is 11.7 Å². The van der Waals surface area contributed by atoms with Crippen LogP contribution in [0.3, 0.4) is 0 Å². The van der Waals surface area contributed by atoms with Crippen LogP contribution in [0.2, 0.25) is 10.3 Å². The topological polar surface area (TPSA) is 56.0 Å². The van der Waals surface area contributed by atoms with E-state index in [-0.39, 0.29) is 21.4 Å². The van der Waals surface area contributed by atoms with Crippen LogP contribution in [0.25, 0.3) is 0 Å². The van der Waals surface area contributed by atoms with Crippen molar-refractivity contribution in [2.24, 2.45) is 5.73 Å². The molecule has 0 bridgehead atoms. The summed E-state index contributed by atoms with van der Waals surface area (Å²) in [6, 6.07) is 0. The molecule has 1 rings (SSSR count). The molecule has 1 aromatic rings. The lowest BCUT2D eigenvalue weighted by Gasteiger charge is -2.05. The number of pyridine rings is 1. The van der Waals surface area contributed by atoms with Crippen molar-refractivity contribution in [3.63, 3.8) is 0 Å². The number of nitrogens with two attached hydrogens (primary N) is 1. The van der Waals surface area contributed by atoms with Crippen LogP contribution in [-0.2, 0) is 0 Å². The summed E-state index contributed by atoms with van der Waals surface area (Å²) in [6.45, 7) is 1.36. The molecule has 1 aromatic heterocycles. The zero-order valence-corrected chi connectivity index (χ0v) is 8.08. The van der Waals surface area contributed by atoms with E-state index >= 15 is 0 Å². The number of amides is 1. The molecule has 2 N–H and O–H groups in total. The van der Waals surface area contributed by atoms with Gasteiger partial charge < -0.3 is 5.73 Å². The van der Waals surface area contributed by atoms with E-state index in [1.165, 1.54) is 6.92 Å². The smallest absolute Gasteiger partial charge is 0.252 e. The monoisotopic (exact) mass is 222 g/mol. The minimum absolute atomic E-state index is 0.0116. The van der Waals surface area contributed by atoms with Crippen LogP contribution in [0.4, 0.5) is 4.39 Å². The first-order valence-electron chi connectivity index (χ1n) is 3.26. The Kier molecular flexibility index (Phi) is 2.73. The molecule has 0 aliphatic carbocycles. The fourth-order valence-electron chi connectivity index (χ4n) is 0.897. The zero-order chi connectivity index (χ0) is 10.2. The predicted octanol–water partition coefficient (Wildman–Crippen LogP) is 1.93. The summed E-state index contributed by atoms with van der Waals surface area (Å²) in [7, 11) is 0. The van der Waals surface area contributed by atoms with Crippen LogP contribution in [0, 0.1) is 12.7 Å². The van der Waals surface area contributed by atoms with E-state index in [0.29, 0.717) is 0 Å². The molecule has 0 fully saturated rings. The van der Waals surface area contributed by atoms with Gasteiger partial charge in [-0.2, -0.15) is 0 Å². The predicted molar refractivity (Wildman–Crippen MR) is 47.5 cm³/mol. The van der Waals surface area contributed by atoms with Gasteiger partial charge in [0.2, 0.25) is 0 Å². The normalized spacial score (nSPS) is 10.2. The molecule has 0 atom stereocenters. The minimum atomic E-state index is -0.828. The van der Waals surface area contributed by atoms with Gasteiger partial charge in [-0.05, 0) is 6.92 Å². The number of primary amides is 1. The Balaban J connectivity index is 3.53. The van der Waals surface area contributed by atoms with Crippen molar-refractivity contribution >= 4 is 29.1 Å². The largest absolute Gasteiger partial charge is 0.365 e. The van der Waals surface area contributed by atoms with E-state index in [9.17, 15) is 9.18 Å². The maximum Gasteiger partial charge on any atom is 0.252 e. The Labute approximate surface area is 83.7 Å². The zero-order valence-electron chi connectivity index (χ0n) is 6.57. The van der Waals surface area contributed by atoms with E-state index in [0.717, 1.165) is 0 Å². The van der Waals surface area contributed by atoms with Gasteiger partial charge >= 0.3 is 0 Å². The highest BCUT2D eigenvalue weighted by molar-refractivity contribution is 6.34. The highest BCUT2D eigenvalue weighted by Crippen LogP contribution is 2.24. The molecule has 0 unspecified atom stereocenters. The summed E-state index contributed by atoms with van der Waals surface area (Å²) in [5, 5.41) is -0.552. The maximum absolute atomic E-state index is 13.1. The fraction of sp³-hybridized carbons (Fsp3) is 0.143. The summed E-state index contributed by atoms with van der Waals surface area (Å²) in [6.07, 6.45) is 0. The molecule has 0 aliphatic rings. The lowest BCUT2D eigenvalue weighted by molar-refractivity contribution is 0.0999. The quantitative estimate of drug-likeness (QED) is 0.739.